The van der Waals surface area contributed by atoms with Gasteiger partial charge in [0, 0.05) is 57.5 Å². The number of hydrogen-bond donors (Lipinski definition) is 2. The van der Waals surface area contributed by atoms with Gasteiger partial charge in [-0.25, -0.2) is 0 Å². The molecule has 12 nitrogen and oxygen atoms in total. The zero-order valence-corrected chi connectivity index (χ0v) is 46.0. The smallest absolute Gasteiger partial charge is 0.246 e. The highest BCUT2D eigenvalue weighted by molar-refractivity contribution is 5.94. The highest BCUT2D eigenvalue weighted by atomic mass is 16.2. The molecule has 0 radical (unpaired) electrons. The van der Waals surface area contributed by atoms with E-state index in [1.165, 1.54) is 0 Å². The Morgan fingerprint density at radius 3 is 1.41 bits per heavy atom. The molecule has 12 heteroatoms. The van der Waals surface area contributed by atoms with E-state index in [1.807, 2.05) is 109 Å². The van der Waals surface area contributed by atoms with Crippen LogP contribution in [0, 0.1) is 22.7 Å². The van der Waals surface area contributed by atoms with Gasteiger partial charge in [-0.1, -0.05) is 172 Å². The molecule has 0 aliphatic carbocycles. The number of benzene rings is 4. The lowest BCUT2D eigenvalue weighted by molar-refractivity contribution is -0.149. The van der Waals surface area contributed by atoms with E-state index in [9.17, 15) is 28.8 Å². The average Bonchev–Trinajstić information content (AvgIpc) is 4.10. The van der Waals surface area contributed by atoms with Gasteiger partial charge in [-0.15, -0.1) is 0 Å². The molecular weight excluding hydrogens is 937 g/mol. The molecule has 0 unspecified atom stereocenters. The normalized spacial score (nSPS) is 17.3. The molecule has 4 aromatic carbocycles. The van der Waals surface area contributed by atoms with Gasteiger partial charge in [-0.05, 0) is 103 Å². The zero-order chi connectivity index (χ0) is 53.7. The Kier molecular flexibility index (Phi) is 21.6. The third kappa shape index (κ3) is 15.9. The average molecular weight is 1030 g/mol. The number of amides is 5. The van der Waals surface area contributed by atoms with Crippen LogP contribution in [0.4, 0.5) is 0 Å². The first kappa shape index (κ1) is 59.7. The van der Waals surface area contributed by atoms with Crippen LogP contribution in [0.25, 0.3) is 11.1 Å². The summed E-state index contributed by atoms with van der Waals surface area (Å²) in [5, 5.41) is 6.06. The van der Waals surface area contributed by atoms with E-state index in [2.05, 4.69) is 83.4 Å². The molecule has 2 saturated heterocycles. The van der Waals surface area contributed by atoms with Gasteiger partial charge in [-0.2, -0.15) is 0 Å². The number of likely N-dealkylation sites (tertiary alicyclic amines) is 2. The summed E-state index contributed by atoms with van der Waals surface area (Å²) in [5.74, 6) is -1.45. The lowest BCUT2D eigenvalue weighted by Crippen LogP contribution is -2.58. The van der Waals surface area contributed by atoms with E-state index < -0.39 is 34.9 Å². The molecule has 0 aromatic heterocycles. The summed E-state index contributed by atoms with van der Waals surface area (Å²) in [6, 6.07) is 34.4. The Labute approximate surface area is 449 Å². The predicted molar refractivity (Wildman–Crippen MR) is 301 cm³/mol. The van der Waals surface area contributed by atoms with Gasteiger partial charge in [-0.3, -0.25) is 28.8 Å². The number of hydrogen-bond acceptors (Lipinski definition) is 7. The Bertz CT molecular complexity index is 2330. The molecule has 6 rings (SSSR count). The van der Waals surface area contributed by atoms with Crippen LogP contribution in [0.3, 0.4) is 0 Å². The highest BCUT2D eigenvalue weighted by Gasteiger charge is 2.45. The molecule has 0 spiro atoms. The minimum atomic E-state index is -0.762. The lowest BCUT2D eigenvalue weighted by Gasteiger charge is -2.37. The molecule has 2 N–H and O–H groups in total. The van der Waals surface area contributed by atoms with Crippen LogP contribution in [-0.4, -0.2) is 112 Å². The first-order valence-corrected chi connectivity index (χ1v) is 27.1. The van der Waals surface area contributed by atoms with Gasteiger partial charge < -0.3 is 30.2 Å². The first-order valence-electron chi connectivity index (χ1n) is 27.1. The summed E-state index contributed by atoms with van der Waals surface area (Å²) < 4.78 is 0. The molecule has 4 aromatic rings. The number of ketones is 1. The van der Waals surface area contributed by atoms with E-state index in [1.54, 1.807) is 16.8 Å². The standard InChI is InChI=1S/C62H84N6O6.CH4/c1-11-43(2)56(70)64-55(62(7,8)9)60(74)68-37-19-25-53(68)59(73)66(39-35-46-22-16-13-17-23-46)42-48-28-32-50(33-29-48)49-30-26-47(27-31-49)41-65(38-34-45-20-14-12-15-21-45)58(72)52-24-18-36-67(52)57(71)51(61(4,5)6)40-54(69)44(3)63-10;/h12-17,20-23,26-33,43-44,51-53,55,63H,11,18-19,24-25,34-42H2,1-10H3,(H,64,70);1H4/t43-,44+,51-,52+,53+,55-;/m1./s1. The van der Waals surface area contributed by atoms with Crippen molar-refractivity contribution in [2.45, 2.75) is 158 Å². The topological polar surface area (TPSA) is 139 Å². The maximum atomic E-state index is 14.7. The molecular formula is C63H88N6O6. The fourth-order valence-electron chi connectivity index (χ4n) is 10.2. The Morgan fingerprint density at radius 1 is 0.600 bits per heavy atom. The summed E-state index contributed by atoms with van der Waals surface area (Å²) in [7, 11) is 1.75. The minimum Gasteiger partial charge on any atom is -0.344 e. The van der Waals surface area contributed by atoms with Crippen LogP contribution >= 0.6 is 0 Å². The molecule has 2 fully saturated rings. The van der Waals surface area contributed by atoms with Crippen molar-refractivity contribution in [1.29, 1.82) is 0 Å². The van der Waals surface area contributed by atoms with Gasteiger partial charge in [0.15, 0.2) is 0 Å². The van der Waals surface area contributed by atoms with Gasteiger partial charge in [0.25, 0.3) is 0 Å². The summed E-state index contributed by atoms with van der Waals surface area (Å²) in [5.41, 5.74) is 5.18. The number of nitrogens with one attached hydrogen (secondary N) is 2. The number of carbonyl (C=O) groups excluding carboxylic acids is 6. The summed E-state index contributed by atoms with van der Waals surface area (Å²) in [6.45, 7) is 20.1. The Morgan fingerprint density at radius 2 is 1.03 bits per heavy atom. The van der Waals surface area contributed by atoms with Crippen molar-refractivity contribution in [3.8, 4) is 11.1 Å². The van der Waals surface area contributed by atoms with Gasteiger partial charge in [0.2, 0.25) is 29.5 Å². The molecule has 0 saturated carbocycles. The Hall–Kier alpha value is -6.14. The van der Waals surface area contributed by atoms with Crippen molar-refractivity contribution in [3.63, 3.8) is 0 Å². The number of nitrogens with zero attached hydrogens (tertiary/aromatic N) is 4. The fraction of sp³-hybridized carbons (Fsp3) is 0.524. The van der Waals surface area contributed by atoms with Crippen molar-refractivity contribution >= 4 is 35.3 Å². The van der Waals surface area contributed by atoms with Crippen LogP contribution in [0.5, 0.6) is 0 Å². The predicted octanol–water partition coefficient (Wildman–Crippen LogP) is 9.92. The molecule has 6 atom stereocenters. The number of Topliss-reactive ketones (excluding diaryl/α,β-unsaturated/α-hetero) is 1. The Balaban J connectivity index is 0.0000104. The molecule has 2 aliphatic rings. The number of carbonyl (C=O) groups is 6. The largest absolute Gasteiger partial charge is 0.344 e. The van der Waals surface area contributed by atoms with E-state index in [4.69, 9.17) is 0 Å². The number of rotatable bonds is 22. The molecule has 2 aliphatic heterocycles. The quantitative estimate of drug-likeness (QED) is 0.0799. The molecule has 406 valence electrons. The van der Waals surface area contributed by atoms with Crippen molar-refractivity contribution in [2.24, 2.45) is 22.7 Å². The van der Waals surface area contributed by atoms with Gasteiger partial charge >= 0.3 is 0 Å². The fourth-order valence-corrected chi connectivity index (χ4v) is 10.2. The zero-order valence-electron chi connectivity index (χ0n) is 46.0. The summed E-state index contributed by atoms with van der Waals surface area (Å²) in [6.07, 6.45) is 4.68. The number of likely N-dealkylation sites (N-methyl/N-ethyl adjacent to an activating group) is 1. The van der Waals surface area contributed by atoms with Crippen LogP contribution in [0.2, 0.25) is 0 Å². The molecule has 0 bridgehead atoms. The second-order valence-corrected chi connectivity index (χ2v) is 23.0. The van der Waals surface area contributed by atoms with Crippen LogP contribution in [0.15, 0.2) is 109 Å². The third-order valence-electron chi connectivity index (χ3n) is 15.4. The summed E-state index contributed by atoms with van der Waals surface area (Å²) >= 11 is 0. The summed E-state index contributed by atoms with van der Waals surface area (Å²) in [4.78, 5) is 91.7. The molecule has 5 amide bonds. The molecule has 2 heterocycles. The van der Waals surface area contributed by atoms with E-state index in [0.29, 0.717) is 77.8 Å². The van der Waals surface area contributed by atoms with Gasteiger partial charge in [0.05, 0.1) is 6.04 Å². The highest BCUT2D eigenvalue weighted by Crippen LogP contribution is 2.35. The second-order valence-electron chi connectivity index (χ2n) is 23.0. The van der Waals surface area contributed by atoms with Crippen LogP contribution in [0.1, 0.15) is 131 Å². The first-order chi connectivity index (χ1) is 35.2. The SMILES string of the molecule is C.CC[C@@H](C)C(=O)N[C@H](C(=O)N1CCC[C@H]1C(=O)N(CCc1ccccc1)Cc1ccc(-c2ccc(CN(CCc3ccccc3)C(=O)[C@@H]3CCCN3C(=O)[C@@H](CC(=O)[C@H](C)NC)C(C)(C)C)cc2)cc1)C(C)(C)C. The van der Waals surface area contributed by atoms with E-state index >= 15 is 0 Å². The maximum absolute atomic E-state index is 14.7. The van der Waals surface area contributed by atoms with Crippen molar-refractivity contribution < 1.29 is 28.8 Å². The lowest BCUT2D eigenvalue weighted by atomic mass is 9.76. The molecule has 75 heavy (non-hydrogen) atoms. The van der Waals surface area contributed by atoms with Gasteiger partial charge in [0.1, 0.15) is 23.9 Å². The van der Waals surface area contributed by atoms with Crippen LogP contribution < -0.4 is 10.6 Å². The van der Waals surface area contributed by atoms with E-state index in [-0.39, 0.29) is 61.1 Å². The van der Waals surface area contributed by atoms with Crippen molar-refractivity contribution in [3.05, 3.63) is 131 Å². The van der Waals surface area contributed by atoms with Crippen molar-refractivity contribution in [2.75, 3.05) is 33.2 Å². The third-order valence-corrected chi connectivity index (χ3v) is 15.4. The van der Waals surface area contributed by atoms with Crippen molar-refractivity contribution in [1.82, 2.24) is 30.2 Å². The van der Waals surface area contributed by atoms with Crippen LogP contribution in [-0.2, 0) is 54.7 Å². The maximum Gasteiger partial charge on any atom is 0.246 e. The van der Waals surface area contributed by atoms with E-state index in [0.717, 1.165) is 39.8 Å². The second kappa shape index (κ2) is 27.1. The minimum absolute atomic E-state index is 0. The monoisotopic (exact) mass is 1020 g/mol.